The molecule has 2 aliphatic heterocycles. The zero-order chi connectivity index (χ0) is 24.7. The number of benzene rings is 2. The van der Waals surface area contributed by atoms with E-state index in [0.717, 1.165) is 22.5 Å². The van der Waals surface area contributed by atoms with E-state index in [-0.39, 0.29) is 44.5 Å². The van der Waals surface area contributed by atoms with Gasteiger partial charge in [0.1, 0.15) is 6.54 Å². The van der Waals surface area contributed by atoms with Crippen LogP contribution in [0.25, 0.3) is 0 Å². The van der Waals surface area contributed by atoms with Gasteiger partial charge >= 0.3 is 6.18 Å². The largest absolute Gasteiger partial charge is 0.416 e. The van der Waals surface area contributed by atoms with E-state index in [1.807, 2.05) is 0 Å². The summed E-state index contributed by atoms with van der Waals surface area (Å²) < 4.78 is 66.0. The van der Waals surface area contributed by atoms with Gasteiger partial charge in [0, 0.05) is 26.2 Å². The molecular formula is C22H23F3N4O4S. The third kappa shape index (κ3) is 4.65. The van der Waals surface area contributed by atoms with Crippen LogP contribution < -0.4 is 10.2 Å². The van der Waals surface area contributed by atoms with E-state index in [9.17, 15) is 31.2 Å². The van der Waals surface area contributed by atoms with E-state index < -0.39 is 32.7 Å². The molecule has 8 nitrogen and oxygen atoms in total. The lowest BCUT2D eigenvalue weighted by Crippen LogP contribution is -2.56. The Labute approximate surface area is 195 Å². The average Bonchev–Trinajstić information content (AvgIpc) is 2.82. The number of piperazine rings is 1. The number of carbonyl (C=O) groups excluding carboxylic acids is 2. The number of alkyl halides is 3. The monoisotopic (exact) mass is 496 g/mol. The predicted octanol–water partition coefficient (Wildman–Crippen LogP) is 2.39. The fourth-order valence-corrected chi connectivity index (χ4v) is 5.59. The summed E-state index contributed by atoms with van der Waals surface area (Å²) in [6.07, 6.45) is -4.65. The molecule has 0 bridgehead atoms. The fourth-order valence-electron chi connectivity index (χ4n) is 4.12. The van der Waals surface area contributed by atoms with Crippen LogP contribution in [0.3, 0.4) is 0 Å². The van der Waals surface area contributed by atoms with E-state index in [1.54, 1.807) is 36.1 Å². The van der Waals surface area contributed by atoms with Crippen LogP contribution in [0.2, 0.25) is 0 Å². The topological polar surface area (TPSA) is 90.0 Å². The van der Waals surface area contributed by atoms with Gasteiger partial charge in [-0.05, 0) is 37.3 Å². The Bertz CT molecular complexity index is 1210. The number of carbonyl (C=O) groups is 2. The molecule has 0 aliphatic carbocycles. The predicted molar refractivity (Wildman–Crippen MR) is 119 cm³/mol. The molecule has 2 aromatic carbocycles. The number of halogens is 3. The van der Waals surface area contributed by atoms with Crippen LogP contribution >= 0.6 is 0 Å². The smallest absolute Gasteiger partial charge is 0.323 e. The van der Waals surface area contributed by atoms with Gasteiger partial charge in [-0.15, -0.1) is 0 Å². The minimum Gasteiger partial charge on any atom is -0.323 e. The van der Waals surface area contributed by atoms with Gasteiger partial charge in [-0.25, -0.2) is 8.42 Å². The van der Waals surface area contributed by atoms with Crippen molar-refractivity contribution < 1.29 is 31.2 Å². The molecule has 0 unspecified atom stereocenters. The number of rotatable bonds is 4. The number of nitrogens with one attached hydrogen (secondary N) is 1. The molecule has 0 spiro atoms. The minimum atomic E-state index is -4.65. The van der Waals surface area contributed by atoms with Gasteiger partial charge < -0.3 is 5.32 Å². The van der Waals surface area contributed by atoms with Gasteiger partial charge in [0.25, 0.3) is 0 Å². The number of para-hydroxylation sites is 2. The van der Waals surface area contributed by atoms with Crippen LogP contribution in [0.15, 0.2) is 53.4 Å². The minimum absolute atomic E-state index is 0.0211. The van der Waals surface area contributed by atoms with E-state index in [1.165, 1.54) is 4.90 Å². The maximum atomic E-state index is 13.2. The summed E-state index contributed by atoms with van der Waals surface area (Å²) in [7, 11) is -4.12. The summed E-state index contributed by atoms with van der Waals surface area (Å²) in [5.74, 6) is -0.604. The first-order valence-corrected chi connectivity index (χ1v) is 12.0. The highest BCUT2D eigenvalue weighted by Gasteiger charge is 2.37. The number of nitrogens with zero attached hydrogens (tertiary/aromatic N) is 3. The lowest BCUT2D eigenvalue weighted by atomic mass is 10.1. The van der Waals surface area contributed by atoms with Gasteiger partial charge in [0.15, 0.2) is 0 Å². The quantitative estimate of drug-likeness (QED) is 0.702. The van der Waals surface area contributed by atoms with Crippen LogP contribution in [0.1, 0.15) is 12.5 Å². The summed E-state index contributed by atoms with van der Waals surface area (Å²) >= 11 is 0. The lowest BCUT2D eigenvalue weighted by molar-refractivity contribution is -0.137. The Balaban J connectivity index is 1.45. The van der Waals surface area contributed by atoms with Crippen molar-refractivity contribution in [2.24, 2.45) is 0 Å². The second-order valence-electron chi connectivity index (χ2n) is 8.13. The Kier molecular flexibility index (Phi) is 6.40. The molecule has 1 N–H and O–H groups in total. The highest BCUT2D eigenvalue weighted by Crippen LogP contribution is 2.32. The molecule has 1 saturated heterocycles. The summed E-state index contributed by atoms with van der Waals surface area (Å²) in [5.41, 5.74) is 0.0956. The van der Waals surface area contributed by atoms with Gasteiger partial charge in [-0.3, -0.25) is 19.4 Å². The lowest BCUT2D eigenvalue weighted by Gasteiger charge is -2.39. The van der Waals surface area contributed by atoms with Gasteiger partial charge in [0.05, 0.1) is 27.9 Å². The summed E-state index contributed by atoms with van der Waals surface area (Å²) in [6, 6.07) is 9.99. The molecule has 4 rings (SSSR count). The van der Waals surface area contributed by atoms with Crippen molar-refractivity contribution >= 4 is 33.2 Å². The molecule has 34 heavy (non-hydrogen) atoms. The van der Waals surface area contributed by atoms with E-state index in [0.29, 0.717) is 17.4 Å². The third-order valence-electron chi connectivity index (χ3n) is 6.01. The van der Waals surface area contributed by atoms with Gasteiger partial charge in [-0.2, -0.15) is 17.5 Å². The molecule has 2 amide bonds. The zero-order valence-electron chi connectivity index (χ0n) is 18.2. The molecule has 12 heteroatoms. The highest BCUT2D eigenvalue weighted by atomic mass is 32.2. The highest BCUT2D eigenvalue weighted by molar-refractivity contribution is 7.89. The Hall–Kier alpha value is -2.96. The van der Waals surface area contributed by atoms with Crippen molar-refractivity contribution in [1.82, 2.24) is 9.21 Å². The van der Waals surface area contributed by atoms with E-state index in [2.05, 4.69) is 5.32 Å². The number of fused-ring (bicyclic) bond motifs is 1. The first kappa shape index (κ1) is 24.2. The second-order valence-corrected chi connectivity index (χ2v) is 10.1. The molecule has 182 valence electrons. The summed E-state index contributed by atoms with van der Waals surface area (Å²) in [6.45, 7) is 2.04. The summed E-state index contributed by atoms with van der Waals surface area (Å²) in [4.78, 5) is 28.0. The Morgan fingerprint density at radius 3 is 2.38 bits per heavy atom. The number of anilines is 2. The van der Waals surface area contributed by atoms with Crippen LogP contribution in [-0.4, -0.2) is 68.2 Å². The first-order chi connectivity index (χ1) is 16.0. The van der Waals surface area contributed by atoms with Crippen LogP contribution in [0.4, 0.5) is 24.5 Å². The molecule has 2 aliphatic rings. The molecule has 0 radical (unpaired) electrons. The molecule has 2 heterocycles. The standard InChI is InChI=1S/C22H23F3N4O4S/c1-15(21(31)29-14-20(30)26-18-7-2-3-8-19(18)29)27-9-11-28(12-10-27)34(32,33)17-6-4-5-16(13-17)22(23,24)25/h2-8,13,15H,9-12,14H2,1H3,(H,26,30)/t15-/m1/s1. The molecular weight excluding hydrogens is 473 g/mol. The number of hydrogen-bond donors (Lipinski definition) is 1. The summed E-state index contributed by atoms with van der Waals surface area (Å²) in [5, 5.41) is 2.72. The normalized spacial score (nSPS) is 18.8. The Morgan fingerprint density at radius 2 is 1.71 bits per heavy atom. The maximum absolute atomic E-state index is 13.2. The zero-order valence-corrected chi connectivity index (χ0v) is 19.1. The van der Waals surface area contributed by atoms with E-state index >= 15 is 0 Å². The van der Waals surface area contributed by atoms with Crippen LogP contribution in [-0.2, 0) is 25.8 Å². The molecule has 2 aromatic rings. The third-order valence-corrected chi connectivity index (χ3v) is 7.91. The maximum Gasteiger partial charge on any atom is 0.416 e. The van der Waals surface area contributed by atoms with Crippen molar-refractivity contribution in [3.8, 4) is 0 Å². The van der Waals surface area contributed by atoms with Crippen molar-refractivity contribution in [1.29, 1.82) is 0 Å². The van der Waals surface area contributed by atoms with Crippen molar-refractivity contribution in [3.63, 3.8) is 0 Å². The first-order valence-electron chi connectivity index (χ1n) is 10.6. The molecule has 0 saturated carbocycles. The van der Waals surface area contributed by atoms with Gasteiger partial charge in [-0.1, -0.05) is 18.2 Å². The fraction of sp³-hybridized carbons (Fsp3) is 0.364. The number of amides is 2. The number of hydrogen-bond acceptors (Lipinski definition) is 5. The molecule has 1 fully saturated rings. The average molecular weight is 497 g/mol. The number of sulfonamides is 1. The second kappa shape index (κ2) is 9.01. The Morgan fingerprint density at radius 1 is 1.03 bits per heavy atom. The van der Waals surface area contributed by atoms with Crippen molar-refractivity contribution in [2.75, 3.05) is 42.9 Å². The SMILES string of the molecule is C[C@H](C(=O)N1CC(=O)Nc2ccccc21)N1CCN(S(=O)(=O)c2cccc(C(F)(F)F)c2)CC1. The van der Waals surface area contributed by atoms with Crippen LogP contribution in [0, 0.1) is 0 Å². The van der Waals surface area contributed by atoms with Crippen molar-refractivity contribution in [3.05, 3.63) is 54.1 Å². The van der Waals surface area contributed by atoms with Gasteiger partial charge in [0.2, 0.25) is 21.8 Å². The molecule has 1 atom stereocenters. The molecule has 0 aromatic heterocycles. The van der Waals surface area contributed by atoms with E-state index in [4.69, 9.17) is 0 Å². The van der Waals surface area contributed by atoms with Crippen LogP contribution in [0.5, 0.6) is 0 Å². The van der Waals surface area contributed by atoms with Crippen molar-refractivity contribution in [2.45, 2.75) is 24.0 Å².